The molecule has 0 saturated heterocycles. The molecule has 0 aliphatic carbocycles. The first kappa shape index (κ1) is 20.8. The minimum absolute atomic E-state index is 0.118. The number of pyridine rings is 1. The van der Waals surface area contributed by atoms with Crippen molar-refractivity contribution in [3.8, 4) is 22.8 Å². The van der Waals surface area contributed by atoms with E-state index in [0.717, 1.165) is 28.9 Å². The standard InChI is InChI=1S/C26H24N4O3/c1-2-14-33-19-11-9-18(10-12-19)25-22-23(20-7-3-4-8-21(20)31)28-29-24(22)26(32)30(25)16-17-6-5-13-27-15-17/h3-13,15,25,31H,2,14,16H2,1H3,(H,28,29)/t25-/m1/s1. The van der Waals surface area contributed by atoms with Crippen molar-refractivity contribution >= 4 is 5.91 Å². The molecule has 2 N–H and O–H groups in total. The zero-order valence-electron chi connectivity index (χ0n) is 18.2. The maximum atomic E-state index is 13.5. The average Bonchev–Trinajstić information content (AvgIpc) is 3.38. The van der Waals surface area contributed by atoms with E-state index in [4.69, 9.17) is 4.74 Å². The fourth-order valence-electron chi connectivity index (χ4n) is 4.24. The molecular weight excluding hydrogens is 416 g/mol. The van der Waals surface area contributed by atoms with Gasteiger partial charge in [-0.25, -0.2) is 0 Å². The van der Waals surface area contributed by atoms with Crippen LogP contribution >= 0.6 is 0 Å². The van der Waals surface area contributed by atoms with Gasteiger partial charge in [-0.05, 0) is 47.9 Å². The van der Waals surface area contributed by atoms with Crippen LogP contribution in [0.2, 0.25) is 0 Å². The summed E-state index contributed by atoms with van der Waals surface area (Å²) >= 11 is 0. The number of carbonyl (C=O) groups excluding carboxylic acids is 1. The van der Waals surface area contributed by atoms with Gasteiger partial charge in [0.25, 0.3) is 5.91 Å². The molecule has 0 saturated carbocycles. The molecule has 33 heavy (non-hydrogen) atoms. The molecule has 1 aliphatic rings. The van der Waals surface area contributed by atoms with Gasteiger partial charge in [0.05, 0.1) is 12.6 Å². The lowest BCUT2D eigenvalue weighted by molar-refractivity contribution is 0.0730. The van der Waals surface area contributed by atoms with Crippen LogP contribution in [0.1, 0.15) is 46.6 Å². The molecule has 2 aromatic carbocycles. The number of nitrogens with one attached hydrogen (secondary N) is 1. The fraction of sp³-hybridized carbons (Fsp3) is 0.192. The van der Waals surface area contributed by atoms with E-state index in [1.807, 2.05) is 47.4 Å². The minimum atomic E-state index is -0.374. The molecule has 3 heterocycles. The van der Waals surface area contributed by atoms with E-state index < -0.39 is 0 Å². The first-order chi connectivity index (χ1) is 16.2. The number of ether oxygens (including phenoxy) is 1. The van der Waals surface area contributed by atoms with Crippen LogP contribution in [-0.4, -0.2) is 37.7 Å². The summed E-state index contributed by atoms with van der Waals surface area (Å²) in [5, 5.41) is 17.8. The lowest BCUT2D eigenvalue weighted by Crippen LogP contribution is -2.29. The van der Waals surface area contributed by atoms with Gasteiger partial charge < -0.3 is 14.7 Å². The summed E-state index contributed by atoms with van der Waals surface area (Å²) in [6, 6.07) is 18.3. The Kier molecular flexibility index (Phi) is 5.52. The quantitative estimate of drug-likeness (QED) is 0.434. The van der Waals surface area contributed by atoms with E-state index in [1.54, 1.807) is 30.6 Å². The number of aromatic nitrogens is 3. The summed E-state index contributed by atoms with van der Waals surface area (Å²) in [7, 11) is 0. The number of phenols is 1. The number of aromatic amines is 1. The molecule has 1 amide bonds. The highest BCUT2D eigenvalue weighted by Gasteiger charge is 2.42. The molecular formula is C26H24N4O3. The monoisotopic (exact) mass is 440 g/mol. The number of rotatable bonds is 7. The Bertz CT molecular complexity index is 1270. The van der Waals surface area contributed by atoms with Gasteiger partial charge in [0.15, 0.2) is 0 Å². The normalized spacial score (nSPS) is 15.0. The molecule has 4 aromatic rings. The van der Waals surface area contributed by atoms with Crippen molar-refractivity contribution in [2.45, 2.75) is 25.9 Å². The second-order valence-electron chi connectivity index (χ2n) is 7.99. The minimum Gasteiger partial charge on any atom is -0.507 e. The summed E-state index contributed by atoms with van der Waals surface area (Å²) in [5.74, 6) is 0.767. The zero-order chi connectivity index (χ0) is 22.8. The maximum Gasteiger partial charge on any atom is 0.273 e. The largest absolute Gasteiger partial charge is 0.507 e. The van der Waals surface area contributed by atoms with E-state index in [1.165, 1.54) is 0 Å². The summed E-state index contributed by atoms with van der Waals surface area (Å²) in [4.78, 5) is 19.5. The van der Waals surface area contributed by atoms with Crippen LogP contribution in [-0.2, 0) is 6.54 Å². The third-order valence-corrected chi connectivity index (χ3v) is 5.77. The number of benzene rings is 2. The van der Waals surface area contributed by atoms with Crippen LogP contribution in [0.4, 0.5) is 0 Å². The molecule has 166 valence electrons. The van der Waals surface area contributed by atoms with Crippen molar-refractivity contribution in [1.29, 1.82) is 0 Å². The Morgan fingerprint density at radius 1 is 1.09 bits per heavy atom. The zero-order valence-corrected chi connectivity index (χ0v) is 18.2. The Morgan fingerprint density at radius 3 is 2.64 bits per heavy atom. The van der Waals surface area contributed by atoms with Gasteiger partial charge in [-0.1, -0.05) is 37.3 Å². The summed E-state index contributed by atoms with van der Waals surface area (Å²) in [6.45, 7) is 3.11. The molecule has 1 atom stereocenters. The first-order valence-electron chi connectivity index (χ1n) is 11.0. The van der Waals surface area contributed by atoms with E-state index in [9.17, 15) is 9.90 Å². The number of H-pyrrole nitrogens is 1. The molecule has 0 spiro atoms. The summed E-state index contributed by atoms with van der Waals surface area (Å²) < 4.78 is 5.74. The molecule has 0 unspecified atom stereocenters. The molecule has 0 bridgehead atoms. The summed E-state index contributed by atoms with van der Waals surface area (Å²) in [5.41, 5.74) is 4.22. The van der Waals surface area contributed by atoms with Crippen LogP contribution in [0.25, 0.3) is 11.3 Å². The van der Waals surface area contributed by atoms with E-state index in [0.29, 0.717) is 30.1 Å². The molecule has 0 fully saturated rings. The van der Waals surface area contributed by atoms with Crippen LogP contribution in [0, 0.1) is 0 Å². The molecule has 5 rings (SSSR count). The van der Waals surface area contributed by atoms with Gasteiger partial charge >= 0.3 is 0 Å². The fourth-order valence-corrected chi connectivity index (χ4v) is 4.24. The van der Waals surface area contributed by atoms with Crippen molar-refractivity contribution in [2.75, 3.05) is 6.61 Å². The number of para-hydroxylation sites is 1. The predicted octanol–water partition coefficient (Wildman–Crippen LogP) is 4.71. The van der Waals surface area contributed by atoms with Crippen LogP contribution in [0.15, 0.2) is 73.1 Å². The van der Waals surface area contributed by atoms with E-state index >= 15 is 0 Å². The van der Waals surface area contributed by atoms with Gasteiger partial charge in [-0.15, -0.1) is 0 Å². The lowest BCUT2D eigenvalue weighted by Gasteiger charge is -2.26. The van der Waals surface area contributed by atoms with Crippen LogP contribution in [0.5, 0.6) is 11.5 Å². The number of amides is 1. The molecule has 1 aliphatic heterocycles. The predicted molar refractivity (Wildman–Crippen MR) is 124 cm³/mol. The SMILES string of the molecule is CCCOc1ccc([C@@H]2c3c(-c4ccccc4O)n[nH]c3C(=O)N2Cc2cccnc2)cc1. The van der Waals surface area contributed by atoms with Gasteiger partial charge in [0.2, 0.25) is 0 Å². The second-order valence-corrected chi connectivity index (χ2v) is 7.99. The van der Waals surface area contributed by atoms with Crippen molar-refractivity contribution in [3.05, 3.63) is 95.4 Å². The Morgan fingerprint density at radius 2 is 1.91 bits per heavy atom. The lowest BCUT2D eigenvalue weighted by atomic mass is 9.95. The van der Waals surface area contributed by atoms with Gasteiger partial charge in [-0.2, -0.15) is 5.10 Å². The third kappa shape index (κ3) is 3.82. The third-order valence-electron chi connectivity index (χ3n) is 5.77. The van der Waals surface area contributed by atoms with Gasteiger partial charge in [0.1, 0.15) is 22.9 Å². The van der Waals surface area contributed by atoms with Crippen LogP contribution < -0.4 is 4.74 Å². The van der Waals surface area contributed by atoms with Crippen molar-refractivity contribution < 1.29 is 14.6 Å². The number of hydrogen-bond donors (Lipinski definition) is 2. The van der Waals surface area contributed by atoms with Crippen molar-refractivity contribution in [3.63, 3.8) is 0 Å². The van der Waals surface area contributed by atoms with Crippen molar-refractivity contribution in [1.82, 2.24) is 20.1 Å². The number of fused-ring (bicyclic) bond motifs is 1. The molecule has 7 heteroatoms. The van der Waals surface area contributed by atoms with E-state index in [2.05, 4.69) is 22.1 Å². The number of phenolic OH excluding ortho intramolecular Hbond substituents is 1. The van der Waals surface area contributed by atoms with Gasteiger partial charge in [-0.3, -0.25) is 14.9 Å². The topological polar surface area (TPSA) is 91.3 Å². The second kappa shape index (κ2) is 8.78. The molecule has 7 nitrogen and oxygen atoms in total. The average molecular weight is 441 g/mol. The molecule has 0 radical (unpaired) electrons. The number of hydrogen-bond acceptors (Lipinski definition) is 5. The Balaban J connectivity index is 1.60. The van der Waals surface area contributed by atoms with E-state index in [-0.39, 0.29) is 17.7 Å². The summed E-state index contributed by atoms with van der Waals surface area (Å²) in [6.07, 6.45) is 4.41. The van der Waals surface area contributed by atoms with Crippen LogP contribution in [0.3, 0.4) is 0 Å². The maximum absolute atomic E-state index is 13.5. The Labute approximate surface area is 191 Å². The first-order valence-corrected chi connectivity index (χ1v) is 11.0. The van der Waals surface area contributed by atoms with Crippen molar-refractivity contribution in [2.24, 2.45) is 0 Å². The highest BCUT2D eigenvalue weighted by Crippen LogP contribution is 2.45. The highest BCUT2D eigenvalue weighted by molar-refractivity contribution is 6.00. The number of aromatic hydroxyl groups is 1. The smallest absolute Gasteiger partial charge is 0.273 e. The number of carbonyl (C=O) groups is 1. The van der Waals surface area contributed by atoms with Gasteiger partial charge in [0, 0.05) is 30.1 Å². The molecule has 2 aromatic heterocycles. The Hall–Kier alpha value is -4.13. The highest BCUT2D eigenvalue weighted by atomic mass is 16.5. The number of nitrogens with zero attached hydrogens (tertiary/aromatic N) is 3.